The minimum atomic E-state index is 0.195. The molecule has 1 N–H and O–H groups in total. The fraction of sp³-hybridized carbons (Fsp3) is 0.300. The minimum absolute atomic E-state index is 0.195. The van der Waals surface area contributed by atoms with Gasteiger partial charge in [-0.05, 0) is 12.1 Å². The number of fused-ring (bicyclic) bond motifs is 1. The average Bonchev–Trinajstić information content (AvgIpc) is 2.34. The Morgan fingerprint density at radius 3 is 2.71 bits per heavy atom. The fourth-order valence-electron chi connectivity index (χ4n) is 1.57. The molecule has 1 aromatic rings. The molecule has 1 aliphatic rings. The van der Waals surface area contributed by atoms with Gasteiger partial charge < -0.3 is 5.32 Å². The number of halogens is 2. The smallest absolute Gasteiger partial charge is 0.139 e. The summed E-state index contributed by atoms with van der Waals surface area (Å²) in [5.41, 5.74) is 1.63. The van der Waals surface area contributed by atoms with Gasteiger partial charge in [0.05, 0.1) is 10.7 Å². The van der Waals surface area contributed by atoms with Crippen LogP contribution in [0.4, 0.5) is 5.69 Å². The van der Waals surface area contributed by atoms with E-state index in [1.54, 1.807) is 12.1 Å². The third kappa shape index (κ3) is 1.72. The number of hydrogen-bond donors (Lipinski definition) is 1. The van der Waals surface area contributed by atoms with Crippen LogP contribution >= 0.6 is 23.2 Å². The van der Waals surface area contributed by atoms with E-state index in [2.05, 4.69) is 5.32 Å². The fourth-order valence-corrected chi connectivity index (χ4v) is 2.04. The van der Waals surface area contributed by atoms with Crippen molar-refractivity contribution < 1.29 is 4.79 Å². The molecule has 1 aromatic carbocycles. The van der Waals surface area contributed by atoms with Crippen molar-refractivity contribution in [1.29, 1.82) is 0 Å². The summed E-state index contributed by atoms with van der Waals surface area (Å²) in [5, 5.41) is 4.36. The first-order chi connectivity index (χ1) is 6.68. The van der Waals surface area contributed by atoms with E-state index < -0.39 is 0 Å². The molecule has 0 amide bonds. The zero-order chi connectivity index (χ0) is 10.1. The Morgan fingerprint density at radius 2 is 1.93 bits per heavy atom. The maximum absolute atomic E-state index is 11.4. The summed E-state index contributed by atoms with van der Waals surface area (Å²) in [6.07, 6.45) is 0.906. The molecule has 1 heterocycles. The van der Waals surface area contributed by atoms with Crippen LogP contribution in [0.2, 0.25) is 10.0 Å². The zero-order valence-corrected chi connectivity index (χ0v) is 8.95. The van der Waals surface area contributed by atoms with Gasteiger partial charge in [0.1, 0.15) is 5.78 Å². The zero-order valence-electron chi connectivity index (χ0n) is 7.44. The quantitative estimate of drug-likeness (QED) is 0.742. The molecule has 4 heteroatoms. The molecule has 14 heavy (non-hydrogen) atoms. The third-order valence-corrected chi connectivity index (χ3v) is 2.95. The predicted molar refractivity (Wildman–Crippen MR) is 58.3 cm³/mol. The van der Waals surface area contributed by atoms with Crippen molar-refractivity contribution in [1.82, 2.24) is 0 Å². The number of hydrogen-bond acceptors (Lipinski definition) is 2. The van der Waals surface area contributed by atoms with Gasteiger partial charge in [-0.25, -0.2) is 0 Å². The number of Topliss-reactive ketones (excluding diaryl/α,β-unsaturated/α-hetero) is 1. The summed E-state index contributed by atoms with van der Waals surface area (Å²) in [5.74, 6) is 0.195. The summed E-state index contributed by atoms with van der Waals surface area (Å²) in [6.45, 7) is 0.631. The van der Waals surface area contributed by atoms with Crippen LogP contribution in [0, 0.1) is 0 Å². The lowest BCUT2D eigenvalue weighted by Gasteiger charge is -2.10. The molecule has 0 saturated heterocycles. The van der Waals surface area contributed by atoms with Crippen molar-refractivity contribution >= 4 is 34.7 Å². The lowest BCUT2D eigenvalue weighted by atomic mass is 10.1. The first-order valence-electron chi connectivity index (χ1n) is 4.41. The molecule has 74 valence electrons. The second-order valence-electron chi connectivity index (χ2n) is 3.27. The van der Waals surface area contributed by atoms with Gasteiger partial charge in [0, 0.05) is 30.0 Å². The molecular formula is C10H9Cl2NO. The van der Waals surface area contributed by atoms with Crippen LogP contribution in [0.5, 0.6) is 0 Å². The maximum Gasteiger partial charge on any atom is 0.139 e. The summed E-state index contributed by atoms with van der Waals surface area (Å²) in [7, 11) is 0. The normalized spacial score (nSPS) is 15.7. The molecule has 0 atom stereocenters. The van der Waals surface area contributed by atoms with Crippen LogP contribution in [0.15, 0.2) is 12.1 Å². The van der Waals surface area contributed by atoms with Gasteiger partial charge in [0.15, 0.2) is 0 Å². The van der Waals surface area contributed by atoms with Gasteiger partial charge in [-0.1, -0.05) is 23.2 Å². The second kappa shape index (κ2) is 3.79. The van der Waals surface area contributed by atoms with Crippen molar-refractivity contribution in [3.63, 3.8) is 0 Å². The number of carbonyl (C=O) groups excluding carboxylic acids is 1. The monoisotopic (exact) mass is 229 g/mol. The number of rotatable bonds is 0. The number of carbonyl (C=O) groups is 1. The molecular weight excluding hydrogens is 221 g/mol. The van der Waals surface area contributed by atoms with Crippen molar-refractivity contribution in [2.24, 2.45) is 0 Å². The molecule has 0 aromatic heterocycles. The summed E-state index contributed by atoms with van der Waals surface area (Å²) < 4.78 is 0. The highest BCUT2D eigenvalue weighted by Crippen LogP contribution is 2.33. The SMILES string of the molecule is O=C1CCNc2c(Cl)ccc(Cl)c2C1. The number of benzene rings is 1. The molecule has 0 saturated carbocycles. The van der Waals surface area contributed by atoms with Crippen LogP contribution in [-0.2, 0) is 11.2 Å². The Balaban J connectivity index is 2.54. The van der Waals surface area contributed by atoms with E-state index in [9.17, 15) is 4.79 Å². The van der Waals surface area contributed by atoms with Gasteiger partial charge >= 0.3 is 0 Å². The Labute approximate surface area is 92.2 Å². The summed E-state index contributed by atoms with van der Waals surface area (Å²) in [6, 6.07) is 3.47. The van der Waals surface area contributed by atoms with Gasteiger partial charge in [-0.2, -0.15) is 0 Å². The molecule has 0 spiro atoms. The van der Waals surface area contributed by atoms with Crippen molar-refractivity contribution in [3.8, 4) is 0 Å². The lowest BCUT2D eigenvalue weighted by molar-refractivity contribution is -0.118. The van der Waals surface area contributed by atoms with E-state index in [0.717, 1.165) is 11.3 Å². The summed E-state index contributed by atoms with van der Waals surface area (Å²) >= 11 is 12.0. The van der Waals surface area contributed by atoms with Gasteiger partial charge in [0.2, 0.25) is 0 Å². The van der Waals surface area contributed by atoms with Gasteiger partial charge in [-0.15, -0.1) is 0 Å². The maximum atomic E-state index is 11.4. The average molecular weight is 230 g/mol. The Bertz CT molecular complexity index is 390. The molecule has 0 aliphatic carbocycles. The van der Waals surface area contributed by atoms with Crippen LogP contribution in [0.3, 0.4) is 0 Å². The van der Waals surface area contributed by atoms with Crippen LogP contribution in [0.25, 0.3) is 0 Å². The highest BCUT2D eigenvalue weighted by molar-refractivity contribution is 6.36. The van der Waals surface area contributed by atoms with Gasteiger partial charge in [-0.3, -0.25) is 4.79 Å². The number of nitrogens with one attached hydrogen (secondary N) is 1. The van der Waals surface area contributed by atoms with Crippen LogP contribution in [0.1, 0.15) is 12.0 Å². The summed E-state index contributed by atoms with van der Waals surface area (Å²) in [4.78, 5) is 11.4. The van der Waals surface area contributed by atoms with Crippen LogP contribution < -0.4 is 5.32 Å². The van der Waals surface area contributed by atoms with E-state index in [1.165, 1.54) is 0 Å². The Kier molecular flexibility index (Phi) is 2.66. The molecule has 0 bridgehead atoms. The van der Waals surface area contributed by atoms with Crippen molar-refractivity contribution in [2.45, 2.75) is 12.8 Å². The molecule has 0 fully saturated rings. The molecule has 2 rings (SSSR count). The van der Waals surface area contributed by atoms with Crippen molar-refractivity contribution in [2.75, 3.05) is 11.9 Å². The number of anilines is 1. The molecule has 0 unspecified atom stereocenters. The molecule has 2 nitrogen and oxygen atoms in total. The Morgan fingerprint density at radius 1 is 1.21 bits per heavy atom. The standard InChI is InChI=1S/C10H9Cl2NO/c11-8-1-2-9(12)10-7(8)5-6(14)3-4-13-10/h1-2,13H,3-5H2. The number of ketones is 1. The highest BCUT2D eigenvalue weighted by atomic mass is 35.5. The largest absolute Gasteiger partial charge is 0.383 e. The van der Waals surface area contributed by atoms with Crippen molar-refractivity contribution in [3.05, 3.63) is 27.7 Å². The molecule has 1 aliphatic heterocycles. The topological polar surface area (TPSA) is 29.1 Å². The van der Waals surface area contributed by atoms with Crippen LogP contribution in [-0.4, -0.2) is 12.3 Å². The molecule has 0 radical (unpaired) electrons. The van der Waals surface area contributed by atoms with E-state index in [-0.39, 0.29) is 5.78 Å². The van der Waals surface area contributed by atoms with Gasteiger partial charge in [0.25, 0.3) is 0 Å². The first-order valence-corrected chi connectivity index (χ1v) is 5.16. The van der Waals surface area contributed by atoms with E-state index >= 15 is 0 Å². The third-order valence-electron chi connectivity index (χ3n) is 2.28. The highest BCUT2D eigenvalue weighted by Gasteiger charge is 2.17. The Hall–Kier alpha value is -0.730. The van der Waals surface area contributed by atoms with E-state index in [0.29, 0.717) is 29.4 Å². The van der Waals surface area contributed by atoms with E-state index in [4.69, 9.17) is 23.2 Å². The predicted octanol–water partition coefficient (Wildman–Crippen LogP) is 2.92. The van der Waals surface area contributed by atoms with E-state index in [1.807, 2.05) is 0 Å². The lowest BCUT2D eigenvalue weighted by Crippen LogP contribution is -2.03. The first kappa shape index (κ1) is 9.81. The second-order valence-corrected chi connectivity index (χ2v) is 4.09. The minimum Gasteiger partial charge on any atom is -0.383 e.